The van der Waals surface area contributed by atoms with E-state index in [4.69, 9.17) is 4.74 Å². The maximum absolute atomic E-state index is 12.3. The molecule has 1 amide bonds. The average molecular weight is 261 g/mol. The predicted molar refractivity (Wildman–Crippen MR) is 71.8 cm³/mol. The van der Waals surface area contributed by atoms with Gasteiger partial charge in [0.1, 0.15) is 0 Å². The molecular weight excluding hydrogens is 242 g/mol. The Bertz CT molecular complexity index is 467. The molecule has 1 saturated heterocycles. The number of ether oxygens (including phenoxy) is 1. The van der Waals surface area contributed by atoms with Gasteiger partial charge in [0.05, 0.1) is 13.0 Å². The Hall–Kier alpha value is -1.84. The molecule has 1 fully saturated rings. The Morgan fingerprint density at radius 2 is 1.95 bits per heavy atom. The van der Waals surface area contributed by atoms with Crippen molar-refractivity contribution in [3.05, 3.63) is 35.4 Å². The van der Waals surface area contributed by atoms with Gasteiger partial charge in [-0.2, -0.15) is 0 Å². The van der Waals surface area contributed by atoms with Crippen LogP contribution < -0.4 is 0 Å². The summed E-state index contributed by atoms with van der Waals surface area (Å²) < 4.78 is 4.76. The number of nitrogens with zero attached hydrogens (tertiary/aromatic N) is 1. The number of aryl methyl sites for hydroxylation is 1. The van der Waals surface area contributed by atoms with Crippen molar-refractivity contribution in [2.45, 2.75) is 19.8 Å². The highest BCUT2D eigenvalue weighted by molar-refractivity contribution is 5.94. The zero-order valence-electron chi connectivity index (χ0n) is 11.4. The molecule has 4 nitrogen and oxygen atoms in total. The number of carbonyl (C=O) groups is 2. The molecule has 0 aromatic heterocycles. The number of amides is 1. The van der Waals surface area contributed by atoms with Gasteiger partial charge in [-0.05, 0) is 31.9 Å². The standard InChI is InChI=1S/C15H19NO3/c1-11-5-7-12(8-6-11)14(17)16-9-3-4-13(10-16)15(18)19-2/h5-8,13H,3-4,9-10H2,1-2H3. The molecule has 19 heavy (non-hydrogen) atoms. The van der Waals surface area contributed by atoms with Crippen molar-refractivity contribution in [2.24, 2.45) is 5.92 Å². The van der Waals surface area contributed by atoms with Gasteiger partial charge in [0.2, 0.25) is 0 Å². The first-order valence-electron chi connectivity index (χ1n) is 6.55. The summed E-state index contributed by atoms with van der Waals surface area (Å²) in [5.41, 5.74) is 1.80. The van der Waals surface area contributed by atoms with Gasteiger partial charge >= 0.3 is 5.97 Å². The van der Waals surface area contributed by atoms with Crippen LogP contribution in [-0.2, 0) is 9.53 Å². The van der Waals surface area contributed by atoms with E-state index < -0.39 is 0 Å². The second-order valence-electron chi connectivity index (χ2n) is 4.98. The molecule has 1 atom stereocenters. The molecule has 0 spiro atoms. The topological polar surface area (TPSA) is 46.6 Å². The number of carbonyl (C=O) groups excluding carboxylic acids is 2. The van der Waals surface area contributed by atoms with Crippen LogP contribution in [0.3, 0.4) is 0 Å². The molecule has 2 rings (SSSR count). The van der Waals surface area contributed by atoms with Crippen LogP contribution in [0.5, 0.6) is 0 Å². The molecule has 0 N–H and O–H groups in total. The molecule has 0 radical (unpaired) electrons. The summed E-state index contributed by atoms with van der Waals surface area (Å²) in [6, 6.07) is 7.52. The van der Waals surface area contributed by atoms with E-state index in [1.807, 2.05) is 31.2 Å². The Morgan fingerprint density at radius 1 is 1.26 bits per heavy atom. The van der Waals surface area contributed by atoms with Crippen LogP contribution in [0.25, 0.3) is 0 Å². The number of likely N-dealkylation sites (tertiary alicyclic amines) is 1. The van der Waals surface area contributed by atoms with Crippen LogP contribution in [-0.4, -0.2) is 37.0 Å². The van der Waals surface area contributed by atoms with Crippen molar-refractivity contribution < 1.29 is 14.3 Å². The largest absolute Gasteiger partial charge is 0.469 e. The van der Waals surface area contributed by atoms with E-state index in [9.17, 15) is 9.59 Å². The minimum atomic E-state index is -0.221. The zero-order valence-corrected chi connectivity index (χ0v) is 11.4. The Balaban J connectivity index is 2.06. The Labute approximate surface area is 113 Å². The molecule has 1 aliphatic heterocycles. The lowest BCUT2D eigenvalue weighted by Gasteiger charge is -2.31. The summed E-state index contributed by atoms with van der Waals surface area (Å²) >= 11 is 0. The van der Waals surface area contributed by atoms with E-state index in [-0.39, 0.29) is 17.8 Å². The van der Waals surface area contributed by atoms with Crippen LogP contribution in [0, 0.1) is 12.8 Å². The highest BCUT2D eigenvalue weighted by atomic mass is 16.5. The number of piperidine rings is 1. The molecule has 0 saturated carbocycles. The third-order valence-electron chi connectivity index (χ3n) is 3.54. The third-order valence-corrected chi connectivity index (χ3v) is 3.54. The van der Waals surface area contributed by atoms with Gasteiger partial charge in [-0.3, -0.25) is 9.59 Å². The van der Waals surface area contributed by atoms with E-state index in [0.717, 1.165) is 18.4 Å². The normalized spacial score (nSPS) is 19.1. The van der Waals surface area contributed by atoms with Crippen molar-refractivity contribution >= 4 is 11.9 Å². The average Bonchev–Trinajstić information content (AvgIpc) is 2.46. The lowest BCUT2D eigenvalue weighted by Crippen LogP contribution is -2.42. The lowest BCUT2D eigenvalue weighted by molar-refractivity contribution is -0.146. The van der Waals surface area contributed by atoms with Gasteiger partial charge in [-0.25, -0.2) is 0 Å². The summed E-state index contributed by atoms with van der Waals surface area (Å²) in [6.07, 6.45) is 1.64. The van der Waals surface area contributed by atoms with Crippen LogP contribution in [0.15, 0.2) is 24.3 Å². The van der Waals surface area contributed by atoms with E-state index in [1.165, 1.54) is 7.11 Å². The van der Waals surface area contributed by atoms with Gasteiger partial charge < -0.3 is 9.64 Å². The van der Waals surface area contributed by atoms with Gasteiger partial charge in [0.15, 0.2) is 0 Å². The first-order valence-corrected chi connectivity index (χ1v) is 6.55. The first-order chi connectivity index (χ1) is 9.11. The summed E-state index contributed by atoms with van der Waals surface area (Å²) in [7, 11) is 1.39. The fraction of sp³-hybridized carbons (Fsp3) is 0.467. The predicted octanol–water partition coefficient (Wildman–Crippen LogP) is 2.02. The summed E-state index contributed by atoms with van der Waals surface area (Å²) in [5, 5.41) is 0. The van der Waals surface area contributed by atoms with E-state index >= 15 is 0 Å². The lowest BCUT2D eigenvalue weighted by atomic mass is 9.97. The van der Waals surface area contributed by atoms with Crippen LogP contribution >= 0.6 is 0 Å². The van der Waals surface area contributed by atoms with Gasteiger partial charge in [-0.15, -0.1) is 0 Å². The smallest absolute Gasteiger partial charge is 0.310 e. The summed E-state index contributed by atoms with van der Waals surface area (Å²) in [5.74, 6) is -0.414. The second-order valence-corrected chi connectivity index (χ2v) is 4.98. The summed E-state index contributed by atoms with van der Waals surface area (Å²) in [4.78, 5) is 25.6. The highest BCUT2D eigenvalue weighted by Crippen LogP contribution is 2.19. The number of hydrogen-bond donors (Lipinski definition) is 0. The maximum Gasteiger partial charge on any atom is 0.310 e. The van der Waals surface area contributed by atoms with Gasteiger partial charge in [-0.1, -0.05) is 17.7 Å². The Morgan fingerprint density at radius 3 is 2.58 bits per heavy atom. The molecule has 1 aliphatic rings. The van der Waals surface area contributed by atoms with Crippen molar-refractivity contribution in [2.75, 3.05) is 20.2 Å². The van der Waals surface area contributed by atoms with Crippen molar-refractivity contribution in [3.63, 3.8) is 0 Å². The highest BCUT2D eigenvalue weighted by Gasteiger charge is 2.29. The molecule has 1 aromatic carbocycles. The van der Waals surface area contributed by atoms with Crippen LogP contribution in [0.1, 0.15) is 28.8 Å². The van der Waals surface area contributed by atoms with Gasteiger partial charge in [0, 0.05) is 18.7 Å². The summed E-state index contributed by atoms with van der Waals surface area (Å²) in [6.45, 7) is 3.15. The van der Waals surface area contributed by atoms with E-state index in [1.54, 1.807) is 4.90 Å². The quantitative estimate of drug-likeness (QED) is 0.765. The number of methoxy groups -OCH3 is 1. The number of hydrogen-bond acceptors (Lipinski definition) is 3. The van der Waals surface area contributed by atoms with Crippen molar-refractivity contribution in [3.8, 4) is 0 Å². The third kappa shape index (κ3) is 3.13. The minimum absolute atomic E-state index is 0.00592. The van der Waals surface area contributed by atoms with Crippen LogP contribution in [0.4, 0.5) is 0 Å². The monoisotopic (exact) mass is 261 g/mol. The first kappa shape index (κ1) is 13.6. The van der Waals surface area contributed by atoms with Crippen molar-refractivity contribution in [1.29, 1.82) is 0 Å². The number of rotatable bonds is 2. The second kappa shape index (κ2) is 5.87. The zero-order chi connectivity index (χ0) is 13.8. The van der Waals surface area contributed by atoms with E-state index in [0.29, 0.717) is 18.7 Å². The SMILES string of the molecule is COC(=O)C1CCCN(C(=O)c2ccc(C)cc2)C1. The fourth-order valence-electron chi connectivity index (χ4n) is 2.40. The Kier molecular flexibility index (Phi) is 4.20. The number of benzene rings is 1. The van der Waals surface area contributed by atoms with Gasteiger partial charge in [0.25, 0.3) is 5.91 Å². The number of esters is 1. The molecule has 0 bridgehead atoms. The molecule has 1 heterocycles. The molecule has 1 aromatic rings. The minimum Gasteiger partial charge on any atom is -0.469 e. The fourth-order valence-corrected chi connectivity index (χ4v) is 2.40. The maximum atomic E-state index is 12.3. The van der Waals surface area contributed by atoms with Crippen LogP contribution in [0.2, 0.25) is 0 Å². The molecule has 1 unspecified atom stereocenters. The van der Waals surface area contributed by atoms with E-state index in [2.05, 4.69) is 0 Å². The van der Waals surface area contributed by atoms with Crippen molar-refractivity contribution in [1.82, 2.24) is 4.90 Å². The molecule has 0 aliphatic carbocycles. The molecule has 102 valence electrons. The molecular formula is C15H19NO3. The molecule has 4 heteroatoms.